The Kier molecular flexibility index (Phi) is 5.88. The van der Waals surface area contributed by atoms with Crippen LogP contribution in [0.4, 0.5) is 0 Å². The number of amides is 1. The molecule has 0 fully saturated rings. The number of rotatable bonds is 5. The number of nitrogens with zero attached hydrogens (tertiary/aromatic N) is 2. The number of likely N-dealkylation sites (N-methyl/N-ethyl adjacent to an activating group) is 2. The topological polar surface area (TPSA) is 56.4 Å². The lowest BCUT2D eigenvalue weighted by Crippen LogP contribution is -2.44. The summed E-state index contributed by atoms with van der Waals surface area (Å²) in [6.45, 7) is 11.8. The molecule has 0 radical (unpaired) electrons. The zero-order valence-electron chi connectivity index (χ0n) is 14.1. The number of hydrogen-bond acceptors (Lipinski definition) is 3. The van der Waals surface area contributed by atoms with Gasteiger partial charge < -0.3 is 9.88 Å². The summed E-state index contributed by atoms with van der Waals surface area (Å²) in [7, 11) is 5.26. The monoisotopic (exact) mass is 303 g/mol. The second-order valence-electron chi connectivity index (χ2n) is 5.87. The van der Waals surface area contributed by atoms with E-state index in [1.807, 2.05) is 31.9 Å². The first-order chi connectivity index (χ1) is 10.1. The maximum atomic E-state index is 12.1. The Morgan fingerprint density at radius 2 is 2.00 bits per heavy atom. The Labute approximate surface area is 131 Å². The molecule has 0 saturated carbocycles. The molecule has 0 aliphatic heterocycles. The molecule has 1 atom stereocenters. The van der Waals surface area contributed by atoms with Crippen LogP contribution < -0.4 is 16.1 Å². The molecule has 5 nitrogen and oxygen atoms in total. The molecule has 1 amide bonds. The first-order valence-corrected chi connectivity index (χ1v) is 7.13. The van der Waals surface area contributed by atoms with Crippen molar-refractivity contribution >= 4 is 18.6 Å². The van der Waals surface area contributed by atoms with E-state index in [-0.39, 0.29) is 17.5 Å². The van der Waals surface area contributed by atoms with Crippen molar-refractivity contribution in [2.45, 2.75) is 26.4 Å². The van der Waals surface area contributed by atoms with Crippen molar-refractivity contribution in [2.24, 2.45) is 0 Å². The summed E-state index contributed by atoms with van der Waals surface area (Å²) in [6.07, 6.45) is 1.87. The maximum absolute atomic E-state index is 12.1. The van der Waals surface area contributed by atoms with Crippen LogP contribution in [-0.2, 0) is 11.3 Å². The summed E-state index contributed by atoms with van der Waals surface area (Å²) < 4.78 is 0. The SMILES string of the molecule is C=C(C)/C=c1/cc(CN(C)C(C)C(=O)N(C)C)c(=O)[nH]c1=C. The van der Waals surface area contributed by atoms with Crippen LogP contribution in [0, 0.1) is 0 Å². The van der Waals surface area contributed by atoms with E-state index in [1.165, 1.54) is 0 Å². The summed E-state index contributed by atoms with van der Waals surface area (Å²) in [5.41, 5.74) is 1.30. The van der Waals surface area contributed by atoms with Gasteiger partial charge in [-0.3, -0.25) is 14.5 Å². The van der Waals surface area contributed by atoms with Crippen molar-refractivity contribution in [3.8, 4) is 0 Å². The number of aromatic amines is 1. The van der Waals surface area contributed by atoms with Gasteiger partial charge in [-0.25, -0.2) is 0 Å². The number of carbonyl (C=O) groups excluding carboxylic acids is 1. The van der Waals surface area contributed by atoms with Crippen LogP contribution in [0.2, 0.25) is 0 Å². The molecule has 0 bridgehead atoms. The molecule has 1 unspecified atom stereocenters. The second kappa shape index (κ2) is 7.22. The largest absolute Gasteiger partial charge is 0.347 e. The van der Waals surface area contributed by atoms with Crippen LogP contribution in [0.25, 0.3) is 12.7 Å². The van der Waals surface area contributed by atoms with Crippen molar-refractivity contribution in [3.63, 3.8) is 0 Å². The second-order valence-corrected chi connectivity index (χ2v) is 5.87. The van der Waals surface area contributed by atoms with Crippen molar-refractivity contribution in [1.29, 1.82) is 0 Å². The average molecular weight is 303 g/mol. The third-order valence-corrected chi connectivity index (χ3v) is 3.52. The third kappa shape index (κ3) is 4.43. The van der Waals surface area contributed by atoms with Crippen LogP contribution >= 0.6 is 0 Å². The highest BCUT2D eigenvalue weighted by molar-refractivity contribution is 5.80. The van der Waals surface area contributed by atoms with Gasteiger partial charge in [-0.15, -0.1) is 0 Å². The number of hydrogen-bond donors (Lipinski definition) is 1. The van der Waals surface area contributed by atoms with Crippen molar-refractivity contribution in [2.75, 3.05) is 21.1 Å². The van der Waals surface area contributed by atoms with Gasteiger partial charge in [-0.2, -0.15) is 0 Å². The van der Waals surface area contributed by atoms with Crippen molar-refractivity contribution in [3.05, 3.63) is 44.7 Å². The predicted octanol–water partition coefficient (Wildman–Crippen LogP) is 0.0503. The van der Waals surface area contributed by atoms with Gasteiger partial charge in [-0.1, -0.05) is 24.8 Å². The van der Waals surface area contributed by atoms with E-state index >= 15 is 0 Å². The van der Waals surface area contributed by atoms with E-state index in [4.69, 9.17) is 0 Å². The number of allylic oxidation sites excluding steroid dienone is 1. The summed E-state index contributed by atoms with van der Waals surface area (Å²) in [4.78, 5) is 30.2. The van der Waals surface area contributed by atoms with E-state index in [2.05, 4.69) is 18.1 Å². The lowest BCUT2D eigenvalue weighted by Gasteiger charge is -2.26. The smallest absolute Gasteiger partial charge is 0.252 e. The van der Waals surface area contributed by atoms with Gasteiger partial charge in [0.05, 0.1) is 6.04 Å². The normalized spacial score (nSPS) is 13.3. The van der Waals surface area contributed by atoms with Gasteiger partial charge in [0.25, 0.3) is 5.56 Å². The minimum Gasteiger partial charge on any atom is -0.347 e. The minimum atomic E-state index is -0.303. The standard InChI is InChI=1S/C17H25N3O2/c1-11(2)8-14-9-15(16(21)18-12(14)3)10-20(7)13(4)17(22)19(5)6/h8-9,13H,1,3,10H2,2,4-7H3,(H,18,21)/b14-8-. The quantitative estimate of drug-likeness (QED) is 0.836. The molecule has 0 aromatic carbocycles. The lowest BCUT2D eigenvalue weighted by atomic mass is 10.1. The number of pyridine rings is 1. The van der Waals surface area contributed by atoms with Gasteiger partial charge in [-0.05, 0) is 32.2 Å². The van der Waals surface area contributed by atoms with Crippen molar-refractivity contribution in [1.82, 2.24) is 14.8 Å². The van der Waals surface area contributed by atoms with Gasteiger partial charge in [0.1, 0.15) is 0 Å². The van der Waals surface area contributed by atoms with Gasteiger partial charge in [0.2, 0.25) is 5.91 Å². The summed E-state index contributed by atoms with van der Waals surface area (Å²) in [5.74, 6) is 0.00132. The van der Waals surface area contributed by atoms with Crippen molar-refractivity contribution < 1.29 is 4.79 Å². The molecule has 1 heterocycles. The zero-order chi connectivity index (χ0) is 17.0. The average Bonchev–Trinajstić information content (AvgIpc) is 2.41. The summed E-state index contributed by atoms with van der Waals surface area (Å²) >= 11 is 0. The van der Waals surface area contributed by atoms with E-state index < -0.39 is 0 Å². The minimum absolute atomic E-state index is 0.00132. The summed E-state index contributed by atoms with van der Waals surface area (Å²) in [6, 6.07) is 1.50. The molecule has 1 rings (SSSR count). The molecule has 5 heteroatoms. The first-order valence-electron chi connectivity index (χ1n) is 7.13. The summed E-state index contributed by atoms with van der Waals surface area (Å²) in [5, 5.41) is 1.40. The van der Waals surface area contributed by atoms with Gasteiger partial charge >= 0.3 is 0 Å². The fourth-order valence-corrected chi connectivity index (χ4v) is 2.11. The Bertz CT molecular complexity index is 731. The Balaban J connectivity index is 3.14. The molecule has 0 spiro atoms. The number of H-pyrrole nitrogens is 1. The lowest BCUT2D eigenvalue weighted by molar-refractivity contribution is -0.133. The zero-order valence-corrected chi connectivity index (χ0v) is 14.1. The highest BCUT2D eigenvalue weighted by Gasteiger charge is 2.20. The van der Waals surface area contributed by atoms with Crippen LogP contribution in [0.15, 0.2) is 23.0 Å². The van der Waals surface area contributed by atoms with E-state index in [0.29, 0.717) is 17.5 Å². The molecule has 0 saturated heterocycles. The Morgan fingerprint density at radius 3 is 2.50 bits per heavy atom. The third-order valence-electron chi connectivity index (χ3n) is 3.52. The first kappa shape index (κ1) is 17.9. The van der Waals surface area contributed by atoms with Crippen LogP contribution in [0.3, 0.4) is 0 Å². The maximum Gasteiger partial charge on any atom is 0.252 e. The Morgan fingerprint density at radius 1 is 1.41 bits per heavy atom. The molecule has 120 valence electrons. The van der Waals surface area contributed by atoms with E-state index in [9.17, 15) is 9.59 Å². The number of aromatic nitrogens is 1. The van der Waals surface area contributed by atoms with Crippen LogP contribution in [0.5, 0.6) is 0 Å². The number of nitrogens with one attached hydrogen (secondary N) is 1. The fourth-order valence-electron chi connectivity index (χ4n) is 2.11. The molecule has 22 heavy (non-hydrogen) atoms. The van der Waals surface area contributed by atoms with Crippen LogP contribution in [0.1, 0.15) is 19.4 Å². The Hall–Kier alpha value is -2.14. The highest BCUT2D eigenvalue weighted by atomic mass is 16.2. The molecule has 0 aliphatic carbocycles. The predicted molar refractivity (Wildman–Crippen MR) is 90.7 cm³/mol. The molecule has 1 N–H and O–H groups in total. The van der Waals surface area contributed by atoms with Gasteiger partial charge in [0, 0.05) is 31.6 Å². The van der Waals surface area contributed by atoms with E-state index in [1.54, 1.807) is 25.1 Å². The molecular weight excluding hydrogens is 278 g/mol. The van der Waals surface area contributed by atoms with Crippen LogP contribution in [-0.4, -0.2) is 47.9 Å². The highest BCUT2D eigenvalue weighted by Crippen LogP contribution is 2.03. The fraction of sp³-hybridized carbons (Fsp3) is 0.412. The molecule has 0 aliphatic rings. The molecule has 1 aromatic rings. The van der Waals surface area contributed by atoms with Gasteiger partial charge in [0.15, 0.2) is 0 Å². The molecular formula is C17H25N3O2. The van der Waals surface area contributed by atoms with E-state index in [0.717, 1.165) is 10.8 Å². The molecule has 1 aromatic heterocycles. The number of carbonyl (C=O) groups is 1.